The van der Waals surface area contributed by atoms with Gasteiger partial charge in [0.15, 0.2) is 5.65 Å². The predicted molar refractivity (Wildman–Crippen MR) is 158 cm³/mol. The Morgan fingerprint density at radius 1 is 1.00 bits per heavy atom. The Balaban J connectivity index is 1.33. The van der Waals surface area contributed by atoms with Crippen molar-refractivity contribution >= 4 is 22.5 Å². The van der Waals surface area contributed by atoms with Crippen LogP contribution < -0.4 is 15.1 Å². The molecule has 0 radical (unpaired) electrons. The van der Waals surface area contributed by atoms with Crippen LogP contribution in [-0.4, -0.2) is 67.0 Å². The summed E-state index contributed by atoms with van der Waals surface area (Å²) in [6.45, 7) is 5.43. The van der Waals surface area contributed by atoms with Gasteiger partial charge in [-0.1, -0.05) is 0 Å². The fourth-order valence-corrected chi connectivity index (χ4v) is 6.86. The van der Waals surface area contributed by atoms with E-state index < -0.39 is 11.6 Å². The molecule has 216 valence electrons. The van der Waals surface area contributed by atoms with Crippen molar-refractivity contribution < 1.29 is 13.5 Å². The van der Waals surface area contributed by atoms with Crippen LogP contribution >= 0.6 is 0 Å². The van der Waals surface area contributed by atoms with Crippen LogP contribution in [-0.2, 0) is 4.74 Å². The molecule has 1 atom stereocenters. The predicted octanol–water partition coefficient (Wildman–Crippen LogP) is 5.04. The summed E-state index contributed by atoms with van der Waals surface area (Å²) in [5.74, 6) is -0.705. The van der Waals surface area contributed by atoms with Crippen molar-refractivity contribution in [2.45, 2.75) is 31.8 Å². The maximum atomic E-state index is 16.0. The quantitative estimate of drug-likeness (QED) is 0.361. The highest BCUT2D eigenvalue weighted by molar-refractivity contribution is 5.90. The minimum Gasteiger partial charge on any atom is -0.380 e. The monoisotopic (exact) mass is 569 g/mol. The van der Waals surface area contributed by atoms with Gasteiger partial charge in [-0.25, -0.2) is 18.7 Å². The molecule has 3 aliphatic rings. The van der Waals surface area contributed by atoms with E-state index in [2.05, 4.69) is 20.1 Å². The molecule has 0 aliphatic carbocycles. The number of benzene rings is 2. The zero-order valence-electron chi connectivity index (χ0n) is 23.6. The molecule has 5 heterocycles. The molecular weight excluding hydrogens is 536 g/mol. The average Bonchev–Trinajstić information content (AvgIpc) is 3.77. The molecule has 8 nitrogen and oxygen atoms in total. The van der Waals surface area contributed by atoms with Gasteiger partial charge in [0, 0.05) is 57.3 Å². The van der Waals surface area contributed by atoms with Crippen LogP contribution in [0.25, 0.3) is 28.2 Å². The van der Waals surface area contributed by atoms with E-state index in [-0.39, 0.29) is 17.4 Å². The number of piperidine rings is 1. The number of nitriles is 1. The average molecular weight is 570 g/mol. The van der Waals surface area contributed by atoms with E-state index in [1.165, 1.54) is 24.6 Å². The third-order valence-electron chi connectivity index (χ3n) is 9.39. The Morgan fingerprint density at radius 3 is 2.55 bits per heavy atom. The summed E-state index contributed by atoms with van der Waals surface area (Å²) in [6, 6.07) is 13.4. The second-order valence-electron chi connectivity index (χ2n) is 11.7. The molecule has 3 fully saturated rings. The number of imidazole rings is 1. The van der Waals surface area contributed by atoms with E-state index >= 15 is 4.39 Å². The third kappa shape index (κ3) is 4.57. The fourth-order valence-electron chi connectivity index (χ4n) is 6.86. The lowest BCUT2D eigenvalue weighted by molar-refractivity contribution is 0.121. The van der Waals surface area contributed by atoms with E-state index in [0.29, 0.717) is 34.5 Å². The van der Waals surface area contributed by atoms with Crippen molar-refractivity contribution in [2.24, 2.45) is 5.41 Å². The highest BCUT2D eigenvalue weighted by Crippen LogP contribution is 2.40. The minimum atomic E-state index is -0.647. The van der Waals surface area contributed by atoms with Gasteiger partial charge in [0.2, 0.25) is 0 Å². The van der Waals surface area contributed by atoms with Crippen LogP contribution in [0.4, 0.5) is 20.2 Å². The Bertz CT molecular complexity index is 1680. The van der Waals surface area contributed by atoms with E-state index in [9.17, 15) is 9.65 Å². The summed E-state index contributed by atoms with van der Waals surface area (Å²) >= 11 is 0. The van der Waals surface area contributed by atoms with Gasteiger partial charge in [-0.05, 0) is 80.1 Å². The number of nitrogens with one attached hydrogen (secondary N) is 1. The zero-order valence-corrected chi connectivity index (χ0v) is 23.6. The maximum absolute atomic E-state index is 16.0. The van der Waals surface area contributed by atoms with E-state index in [0.717, 1.165) is 63.4 Å². The van der Waals surface area contributed by atoms with E-state index in [1.807, 2.05) is 18.2 Å². The molecule has 4 aromatic rings. The van der Waals surface area contributed by atoms with Gasteiger partial charge in [-0.3, -0.25) is 4.57 Å². The molecule has 1 unspecified atom stereocenters. The smallest absolute Gasteiger partial charge is 0.167 e. The maximum Gasteiger partial charge on any atom is 0.167 e. The van der Waals surface area contributed by atoms with Crippen molar-refractivity contribution in [3.63, 3.8) is 0 Å². The van der Waals surface area contributed by atoms with Crippen molar-refractivity contribution in [1.82, 2.24) is 19.9 Å². The number of methoxy groups -OCH3 is 1. The molecule has 2 aromatic heterocycles. The number of pyridine rings is 1. The Kier molecular flexibility index (Phi) is 6.79. The largest absolute Gasteiger partial charge is 0.380 e. The summed E-state index contributed by atoms with van der Waals surface area (Å²) in [6.07, 6.45) is 6.14. The molecule has 3 aliphatic heterocycles. The number of ether oxygens (including phenoxy) is 1. The lowest BCUT2D eigenvalue weighted by Gasteiger charge is -2.40. The first-order valence-electron chi connectivity index (χ1n) is 14.6. The van der Waals surface area contributed by atoms with Crippen molar-refractivity contribution in [3.8, 4) is 23.1 Å². The van der Waals surface area contributed by atoms with Gasteiger partial charge in [0.1, 0.15) is 29.0 Å². The van der Waals surface area contributed by atoms with Gasteiger partial charge in [0.25, 0.3) is 0 Å². The molecular formula is C32H33F2N7O. The van der Waals surface area contributed by atoms with Gasteiger partial charge < -0.3 is 19.9 Å². The van der Waals surface area contributed by atoms with E-state index in [4.69, 9.17) is 9.72 Å². The number of anilines is 2. The molecule has 7 rings (SSSR count). The summed E-state index contributed by atoms with van der Waals surface area (Å²) in [5, 5.41) is 12.8. The molecule has 0 bridgehead atoms. The van der Waals surface area contributed by atoms with Gasteiger partial charge in [-0.2, -0.15) is 5.26 Å². The first-order chi connectivity index (χ1) is 20.5. The van der Waals surface area contributed by atoms with Crippen LogP contribution in [0.15, 0.2) is 48.7 Å². The number of nitrogens with zero attached hydrogens (tertiary/aromatic N) is 6. The SMILES string of the molecule is COC1CCN(c2ccc(-n3c(-c4ccc(C#N)c(F)c4)nc4c(N5CCC6(CCNC6)CC5)ccnc43)c(F)c2)C1. The first kappa shape index (κ1) is 26.8. The topological polar surface area (TPSA) is 82.2 Å². The number of fused-ring (bicyclic) bond motifs is 1. The Labute approximate surface area is 243 Å². The fraction of sp³-hybridized carbons (Fsp3) is 0.406. The van der Waals surface area contributed by atoms with Crippen molar-refractivity contribution in [1.29, 1.82) is 5.26 Å². The minimum absolute atomic E-state index is 0.0561. The lowest BCUT2D eigenvalue weighted by atomic mass is 9.78. The number of rotatable bonds is 5. The summed E-state index contributed by atoms with van der Waals surface area (Å²) in [4.78, 5) is 14.1. The molecule has 2 aromatic carbocycles. The zero-order chi connectivity index (χ0) is 28.8. The molecule has 10 heteroatoms. The van der Waals surface area contributed by atoms with Crippen LogP contribution in [0.1, 0.15) is 31.2 Å². The normalized spacial score (nSPS) is 20.1. The second-order valence-corrected chi connectivity index (χ2v) is 11.7. The standard InChI is InChI=1S/C32H33F2N7O/c1-42-24-7-13-40(19-24)23-4-5-27(26(34)17-23)41-30(21-2-3-22(18-35)25(33)16-21)38-29-28(6-11-37-31(29)41)39-14-9-32(10-15-39)8-12-36-20-32/h2-6,11,16-17,24,36H,7-10,12-15,19-20H2,1H3. The molecule has 1 N–H and O–H groups in total. The van der Waals surface area contributed by atoms with Crippen LogP contribution in [0, 0.1) is 28.4 Å². The lowest BCUT2D eigenvalue weighted by Crippen LogP contribution is -2.41. The first-order valence-corrected chi connectivity index (χ1v) is 14.6. The number of hydrogen-bond donors (Lipinski definition) is 1. The van der Waals surface area contributed by atoms with Crippen LogP contribution in [0.3, 0.4) is 0 Å². The summed E-state index contributed by atoms with van der Waals surface area (Å²) in [7, 11) is 1.70. The van der Waals surface area contributed by atoms with Crippen molar-refractivity contribution in [3.05, 3.63) is 65.9 Å². The van der Waals surface area contributed by atoms with E-state index in [1.54, 1.807) is 30.0 Å². The van der Waals surface area contributed by atoms with Crippen LogP contribution in [0.5, 0.6) is 0 Å². The van der Waals surface area contributed by atoms with Crippen molar-refractivity contribution in [2.75, 3.05) is 56.2 Å². The number of halogens is 2. The Morgan fingerprint density at radius 2 is 1.86 bits per heavy atom. The van der Waals surface area contributed by atoms with Crippen LogP contribution in [0.2, 0.25) is 0 Å². The molecule has 42 heavy (non-hydrogen) atoms. The van der Waals surface area contributed by atoms with Gasteiger partial charge >= 0.3 is 0 Å². The molecule has 1 spiro atoms. The molecule has 0 saturated carbocycles. The highest BCUT2D eigenvalue weighted by Gasteiger charge is 2.37. The molecule has 3 saturated heterocycles. The highest BCUT2D eigenvalue weighted by atomic mass is 19.1. The number of aromatic nitrogens is 3. The number of hydrogen-bond acceptors (Lipinski definition) is 7. The summed E-state index contributed by atoms with van der Waals surface area (Å²) in [5.41, 5.74) is 3.89. The summed E-state index contributed by atoms with van der Waals surface area (Å²) < 4.78 is 38.0. The Hall–Kier alpha value is -4.07. The third-order valence-corrected chi connectivity index (χ3v) is 9.39. The molecule has 0 amide bonds. The van der Waals surface area contributed by atoms with Gasteiger partial charge in [0.05, 0.1) is 23.0 Å². The second kappa shape index (κ2) is 10.6. The van der Waals surface area contributed by atoms with Gasteiger partial charge in [-0.15, -0.1) is 0 Å².